The first-order valence-corrected chi connectivity index (χ1v) is 28.5. The van der Waals surface area contributed by atoms with E-state index in [0.29, 0.717) is 47.3 Å². The molecule has 368 valence electrons. The van der Waals surface area contributed by atoms with E-state index in [9.17, 15) is 15.0 Å². The lowest BCUT2D eigenvalue weighted by molar-refractivity contribution is -0.189. The van der Waals surface area contributed by atoms with Gasteiger partial charge in [-0.05, 0) is 221 Å². The quantitative estimate of drug-likeness (QED) is 0.170. The molecular weight excluding hydrogens is 789 g/mol. The van der Waals surface area contributed by atoms with Crippen molar-refractivity contribution in [1.29, 1.82) is 0 Å². The third kappa shape index (κ3) is 8.75. The maximum absolute atomic E-state index is 14.2. The van der Waals surface area contributed by atoms with Crippen molar-refractivity contribution in [3.05, 3.63) is 0 Å². The minimum Gasteiger partial charge on any atom is -0.431 e. The number of carbonyl (C=O) groups excluding carboxylic acids is 1. The zero-order chi connectivity index (χ0) is 46.1. The van der Waals surface area contributed by atoms with E-state index in [2.05, 4.69) is 83.1 Å². The predicted octanol–water partition coefficient (Wildman–Crippen LogP) is 15.3. The number of rotatable bonds is 14. The second kappa shape index (κ2) is 19.2. The van der Waals surface area contributed by atoms with Gasteiger partial charge in [-0.15, -0.1) is 0 Å². The maximum Gasteiger partial charge on any atom is 0.508 e. The van der Waals surface area contributed by atoms with Gasteiger partial charge in [0, 0.05) is 11.8 Å². The molecule has 8 aliphatic carbocycles. The van der Waals surface area contributed by atoms with Gasteiger partial charge in [0.15, 0.2) is 0 Å². The van der Waals surface area contributed by atoms with Gasteiger partial charge < -0.3 is 19.7 Å². The van der Waals surface area contributed by atoms with E-state index in [1.807, 2.05) is 0 Å². The van der Waals surface area contributed by atoms with Gasteiger partial charge in [-0.25, -0.2) is 4.79 Å². The van der Waals surface area contributed by atoms with E-state index in [4.69, 9.17) is 9.47 Å². The number of hydrogen-bond acceptors (Lipinski definition) is 5. The summed E-state index contributed by atoms with van der Waals surface area (Å²) >= 11 is 0. The molecule has 8 fully saturated rings. The van der Waals surface area contributed by atoms with Crippen LogP contribution in [0.4, 0.5) is 4.79 Å². The normalized spacial score (nSPS) is 48.2. The molecule has 8 aliphatic rings. The highest BCUT2D eigenvalue weighted by Gasteiger charge is 2.65. The van der Waals surface area contributed by atoms with E-state index in [-0.39, 0.29) is 47.1 Å². The summed E-state index contributed by atoms with van der Waals surface area (Å²) in [6, 6.07) is 0. The van der Waals surface area contributed by atoms with E-state index in [1.165, 1.54) is 116 Å². The van der Waals surface area contributed by atoms with Gasteiger partial charge in [0.05, 0.1) is 12.2 Å². The Morgan fingerprint density at radius 3 is 1.25 bits per heavy atom. The monoisotopic (exact) mass is 891 g/mol. The molecule has 5 heteroatoms. The van der Waals surface area contributed by atoms with Crippen LogP contribution in [0.1, 0.15) is 224 Å². The van der Waals surface area contributed by atoms with Crippen LogP contribution in [-0.4, -0.2) is 40.8 Å². The van der Waals surface area contributed by atoms with Crippen LogP contribution in [-0.2, 0) is 9.47 Å². The maximum atomic E-state index is 14.2. The highest BCUT2D eigenvalue weighted by molar-refractivity contribution is 5.60. The number of ether oxygens (including phenoxy) is 2. The standard InChI is InChI=1S/C59H102O5/c1-35(2)15-13-17-37(5)47-23-25-49-45-21-19-41-31-43(60)33-53(58(41,11)51(45)27-29-56(47,49)9)39(7)63-55(62)64-40(8)54-34-44(61)32-42-20-22-46-50-26-24-48(38(6)18-14-16-36(3)4)57(50,10)30-28-52(46)59(42,54)12/h35-54,60-61H,13-34H2,1-12H3/t37-,38-,39?,40?,41-,42-,43+,44+,45-,46-,47-,48-,49+,50+,51+,52+,53?,54?,56-,57-,58+,59+/m1/s1. The number of aliphatic hydroxyl groups excluding tert-OH is 2. The Bertz CT molecular complexity index is 1460. The molecule has 8 rings (SSSR count). The van der Waals surface area contributed by atoms with E-state index in [1.54, 1.807) is 0 Å². The Morgan fingerprint density at radius 1 is 0.484 bits per heavy atom. The van der Waals surface area contributed by atoms with Crippen LogP contribution in [0.2, 0.25) is 0 Å². The first-order chi connectivity index (χ1) is 30.2. The second-order valence-corrected chi connectivity index (χ2v) is 27.5. The fraction of sp³-hybridized carbons (Fsp3) is 0.983. The Labute approximate surface area is 394 Å². The summed E-state index contributed by atoms with van der Waals surface area (Å²) < 4.78 is 13.0. The van der Waals surface area contributed by atoms with Crippen molar-refractivity contribution in [3.63, 3.8) is 0 Å². The summed E-state index contributed by atoms with van der Waals surface area (Å²) in [5.41, 5.74) is 0.968. The summed E-state index contributed by atoms with van der Waals surface area (Å²) in [4.78, 5) is 14.2. The third-order valence-electron chi connectivity index (χ3n) is 23.8. The van der Waals surface area contributed by atoms with E-state index in [0.717, 1.165) is 72.0 Å². The molecule has 0 aromatic carbocycles. The Hall–Kier alpha value is -0.810. The van der Waals surface area contributed by atoms with Crippen molar-refractivity contribution in [2.75, 3.05) is 0 Å². The minimum absolute atomic E-state index is 0.0433. The van der Waals surface area contributed by atoms with Crippen molar-refractivity contribution < 1.29 is 24.5 Å². The molecule has 0 spiro atoms. The fourth-order valence-corrected chi connectivity index (χ4v) is 20.7. The first kappa shape index (κ1) is 49.6. The lowest BCUT2D eigenvalue weighted by Gasteiger charge is -2.64. The number of aliphatic hydroxyl groups is 2. The second-order valence-electron chi connectivity index (χ2n) is 27.5. The summed E-state index contributed by atoms with van der Waals surface area (Å²) in [5, 5.41) is 22.9. The van der Waals surface area contributed by atoms with Crippen LogP contribution < -0.4 is 0 Å². The van der Waals surface area contributed by atoms with Crippen LogP contribution >= 0.6 is 0 Å². The van der Waals surface area contributed by atoms with Gasteiger partial charge in [-0.2, -0.15) is 0 Å². The molecule has 0 radical (unpaired) electrons. The molecule has 0 amide bonds. The minimum atomic E-state index is -0.525. The molecular formula is C59H102O5. The first-order valence-electron chi connectivity index (χ1n) is 28.5. The molecule has 8 saturated carbocycles. The zero-order valence-corrected chi connectivity index (χ0v) is 43.7. The van der Waals surface area contributed by atoms with Crippen LogP contribution in [0.3, 0.4) is 0 Å². The molecule has 0 aromatic heterocycles. The van der Waals surface area contributed by atoms with Crippen molar-refractivity contribution in [2.24, 2.45) is 116 Å². The van der Waals surface area contributed by atoms with E-state index >= 15 is 0 Å². The van der Waals surface area contributed by atoms with Gasteiger partial charge >= 0.3 is 6.16 Å². The number of hydrogen-bond donors (Lipinski definition) is 2. The van der Waals surface area contributed by atoms with Crippen molar-refractivity contribution in [3.8, 4) is 0 Å². The number of fused-ring (bicyclic) bond motifs is 10. The molecule has 22 atom stereocenters. The fourth-order valence-electron chi connectivity index (χ4n) is 20.7. The Morgan fingerprint density at radius 2 is 0.875 bits per heavy atom. The lowest BCUT2D eigenvalue weighted by Crippen LogP contribution is -2.60. The van der Waals surface area contributed by atoms with Gasteiger partial charge in [-0.3, -0.25) is 0 Å². The van der Waals surface area contributed by atoms with Crippen LogP contribution in [0.25, 0.3) is 0 Å². The molecule has 64 heavy (non-hydrogen) atoms. The van der Waals surface area contributed by atoms with Crippen molar-refractivity contribution >= 4 is 6.16 Å². The number of carbonyl (C=O) groups is 1. The summed E-state index contributed by atoms with van der Waals surface area (Å²) in [7, 11) is 0. The van der Waals surface area contributed by atoms with Gasteiger partial charge in [0.1, 0.15) is 12.2 Å². The molecule has 4 unspecified atom stereocenters. The molecule has 2 N–H and O–H groups in total. The largest absolute Gasteiger partial charge is 0.508 e. The smallest absolute Gasteiger partial charge is 0.431 e. The molecule has 5 nitrogen and oxygen atoms in total. The summed E-state index contributed by atoms with van der Waals surface area (Å²) in [6.07, 6.45) is 25.4. The topological polar surface area (TPSA) is 76.0 Å². The average Bonchev–Trinajstić information content (AvgIpc) is 3.77. The lowest BCUT2D eigenvalue weighted by atomic mass is 9.41. The molecule has 0 aliphatic heterocycles. The van der Waals surface area contributed by atoms with Gasteiger partial charge in [-0.1, -0.05) is 108 Å². The van der Waals surface area contributed by atoms with Crippen molar-refractivity contribution in [1.82, 2.24) is 0 Å². The molecule has 0 aromatic rings. The predicted molar refractivity (Wildman–Crippen MR) is 262 cm³/mol. The zero-order valence-electron chi connectivity index (χ0n) is 43.7. The molecule has 0 saturated heterocycles. The summed E-state index contributed by atoms with van der Waals surface area (Å²) in [5.74, 6) is 10.4. The molecule has 0 heterocycles. The average molecular weight is 891 g/mol. The Balaban J connectivity index is 0.937. The highest BCUT2D eigenvalue weighted by Crippen LogP contribution is 2.72. The summed E-state index contributed by atoms with van der Waals surface area (Å²) in [6.45, 7) is 29.4. The SMILES string of the molecule is CC(C)CCC[C@@H](C)[C@H]1CC[C@H]2[C@H]3CC[C@@H]4C[C@H](O)CC(C(C)OC(=O)OC(C)C5C[C@@H](O)C[C@H]6CC[C@@H]7[C@@H]8CC[C@H]([C@H](C)CCCC(C)C)[C@@]8(C)CC[C@@H]7[C@@]56C)[C@]4(C)[C@H]3CC[C@]12C. The highest BCUT2D eigenvalue weighted by atomic mass is 16.7. The van der Waals surface area contributed by atoms with Gasteiger partial charge in [0.2, 0.25) is 0 Å². The third-order valence-corrected chi connectivity index (χ3v) is 23.8. The Kier molecular flexibility index (Phi) is 14.9. The van der Waals surface area contributed by atoms with Crippen LogP contribution in [0.5, 0.6) is 0 Å². The van der Waals surface area contributed by atoms with Crippen LogP contribution in [0.15, 0.2) is 0 Å². The molecule has 0 bridgehead atoms. The van der Waals surface area contributed by atoms with Gasteiger partial charge in [0.25, 0.3) is 0 Å². The van der Waals surface area contributed by atoms with E-state index < -0.39 is 6.16 Å². The van der Waals surface area contributed by atoms with Crippen molar-refractivity contribution in [2.45, 2.75) is 249 Å². The van der Waals surface area contributed by atoms with Crippen LogP contribution in [0, 0.1) is 116 Å².